The molecule has 0 saturated heterocycles. The first-order chi connectivity index (χ1) is 2.71. The maximum atomic E-state index is 8.32. The summed E-state index contributed by atoms with van der Waals surface area (Å²) in [7, 11) is 0. The molecule has 1 heterocycles. The van der Waals surface area contributed by atoms with Crippen molar-refractivity contribution in [3.05, 3.63) is 0 Å². The summed E-state index contributed by atoms with van der Waals surface area (Å²) in [6.07, 6.45) is 1.10. The Bertz CT molecular complexity index is 86.8. The largest absolute Gasteiger partial charge is 0.360 e. The molecule has 1 aliphatic rings. The lowest BCUT2D eigenvalue weighted by molar-refractivity contribution is -0.0974. The number of hydrogen-bond donors (Lipinski definition) is 2. The molecule has 0 fully saturated rings. The van der Waals surface area contributed by atoms with E-state index in [1.807, 2.05) is 0 Å². The molecular weight excluding hydrogens is 82.0 g/mol. The first-order valence-corrected chi connectivity index (χ1v) is 1.66. The molecule has 0 bridgehead atoms. The predicted octanol–water partition coefficient (Wildman–Crippen LogP) is -1.25. The third-order valence-corrected chi connectivity index (χ3v) is 0.622. The molecule has 0 aromatic heterocycles. The first kappa shape index (κ1) is 3.77. The van der Waals surface area contributed by atoms with Gasteiger partial charge in [-0.15, -0.1) is 0 Å². The molecule has 0 unspecified atom stereocenters. The Labute approximate surface area is 34.9 Å². The van der Waals surface area contributed by atoms with Crippen LogP contribution in [-0.4, -0.2) is 28.8 Å². The van der Waals surface area contributed by atoms with Crippen LogP contribution in [0.25, 0.3) is 0 Å². The SMILES string of the molecule is OC1(O)C=NC1. The van der Waals surface area contributed by atoms with Crippen LogP contribution < -0.4 is 0 Å². The normalized spacial score (nSPS) is 26.3. The lowest BCUT2D eigenvalue weighted by Crippen LogP contribution is -2.40. The minimum Gasteiger partial charge on any atom is -0.360 e. The van der Waals surface area contributed by atoms with E-state index >= 15 is 0 Å². The van der Waals surface area contributed by atoms with Crippen LogP contribution >= 0.6 is 0 Å². The van der Waals surface area contributed by atoms with Crippen molar-refractivity contribution in [2.45, 2.75) is 5.79 Å². The Morgan fingerprint density at radius 2 is 2.00 bits per heavy atom. The van der Waals surface area contributed by atoms with Crippen molar-refractivity contribution in [1.29, 1.82) is 0 Å². The smallest absolute Gasteiger partial charge is 0.220 e. The second-order valence-corrected chi connectivity index (χ2v) is 1.35. The van der Waals surface area contributed by atoms with Crippen LogP contribution in [0.3, 0.4) is 0 Å². The van der Waals surface area contributed by atoms with Crippen molar-refractivity contribution in [2.75, 3.05) is 6.54 Å². The highest BCUT2D eigenvalue weighted by Crippen LogP contribution is 2.03. The van der Waals surface area contributed by atoms with E-state index in [9.17, 15) is 0 Å². The Morgan fingerprint density at radius 3 is 2.00 bits per heavy atom. The second kappa shape index (κ2) is 0.802. The topological polar surface area (TPSA) is 52.8 Å². The van der Waals surface area contributed by atoms with Crippen LogP contribution in [0.1, 0.15) is 0 Å². The zero-order valence-electron chi connectivity index (χ0n) is 3.13. The predicted molar refractivity (Wildman–Crippen MR) is 20.5 cm³/mol. The highest BCUT2D eigenvalue weighted by molar-refractivity contribution is 5.71. The van der Waals surface area contributed by atoms with Gasteiger partial charge in [-0.3, -0.25) is 4.99 Å². The van der Waals surface area contributed by atoms with Crippen molar-refractivity contribution in [3.8, 4) is 0 Å². The number of aliphatic imine (C=N–C) groups is 1. The minimum atomic E-state index is -1.57. The Morgan fingerprint density at radius 1 is 1.67 bits per heavy atom. The van der Waals surface area contributed by atoms with Gasteiger partial charge in [-0.05, 0) is 0 Å². The summed E-state index contributed by atoms with van der Waals surface area (Å²) in [5, 5.41) is 16.6. The monoisotopic (exact) mass is 87.0 g/mol. The van der Waals surface area contributed by atoms with Crippen LogP contribution in [0.4, 0.5) is 0 Å². The Kier molecular flexibility index (Phi) is 0.504. The zero-order chi connectivity index (χ0) is 4.62. The molecule has 6 heavy (non-hydrogen) atoms. The molecule has 1 aliphatic heterocycles. The minimum absolute atomic E-state index is 0.132. The summed E-state index contributed by atoms with van der Waals surface area (Å²) >= 11 is 0. The molecule has 0 aliphatic carbocycles. The highest BCUT2D eigenvalue weighted by atomic mass is 16.5. The van der Waals surface area contributed by atoms with Gasteiger partial charge in [-0.25, -0.2) is 0 Å². The summed E-state index contributed by atoms with van der Waals surface area (Å²) in [4.78, 5) is 3.44. The van der Waals surface area contributed by atoms with E-state index in [2.05, 4.69) is 4.99 Å². The maximum absolute atomic E-state index is 8.32. The standard InChI is InChI=1S/C3H5NO2/c5-3(6)1-4-2-3/h1,5-6H,2H2. The van der Waals surface area contributed by atoms with Gasteiger partial charge in [-0.2, -0.15) is 0 Å². The molecule has 0 amide bonds. The van der Waals surface area contributed by atoms with E-state index in [1.54, 1.807) is 0 Å². The van der Waals surface area contributed by atoms with Crippen LogP contribution in [0.15, 0.2) is 4.99 Å². The van der Waals surface area contributed by atoms with Gasteiger partial charge in [0.25, 0.3) is 0 Å². The summed E-state index contributed by atoms with van der Waals surface area (Å²) in [6.45, 7) is 0.132. The fourth-order valence-electron chi connectivity index (χ4n) is 0.255. The van der Waals surface area contributed by atoms with Crippen molar-refractivity contribution < 1.29 is 10.2 Å². The number of nitrogens with zero attached hydrogens (tertiary/aromatic N) is 1. The summed E-state index contributed by atoms with van der Waals surface area (Å²) in [6, 6.07) is 0. The summed E-state index contributed by atoms with van der Waals surface area (Å²) in [5.74, 6) is -1.57. The molecule has 0 atom stereocenters. The molecule has 3 heteroatoms. The van der Waals surface area contributed by atoms with Crippen LogP contribution in [-0.2, 0) is 0 Å². The van der Waals surface area contributed by atoms with Gasteiger partial charge in [0, 0.05) is 0 Å². The second-order valence-electron chi connectivity index (χ2n) is 1.35. The summed E-state index contributed by atoms with van der Waals surface area (Å²) in [5.41, 5.74) is 0. The molecule has 0 saturated carbocycles. The fourth-order valence-corrected chi connectivity index (χ4v) is 0.255. The fraction of sp³-hybridized carbons (Fsp3) is 0.667. The van der Waals surface area contributed by atoms with Gasteiger partial charge in [-0.1, -0.05) is 0 Å². The molecule has 0 radical (unpaired) electrons. The average Bonchev–Trinajstić information content (AvgIpc) is 1.32. The van der Waals surface area contributed by atoms with Gasteiger partial charge in [0.15, 0.2) is 0 Å². The van der Waals surface area contributed by atoms with Crippen molar-refractivity contribution >= 4 is 6.21 Å². The van der Waals surface area contributed by atoms with E-state index in [0.29, 0.717) is 0 Å². The molecule has 0 aromatic carbocycles. The van der Waals surface area contributed by atoms with Crippen LogP contribution in [0.5, 0.6) is 0 Å². The van der Waals surface area contributed by atoms with Crippen molar-refractivity contribution in [1.82, 2.24) is 0 Å². The Balaban J connectivity index is 2.57. The van der Waals surface area contributed by atoms with Crippen molar-refractivity contribution in [3.63, 3.8) is 0 Å². The van der Waals surface area contributed by atoms with Gasteiger partial charge in [0.05, 0.1) is 12.8 Å². The third kappa shape index (κ3) is 0.418. The molecular formula is C3H5NO2. The molecule has 0 spiro atoms. The Hall–Kier alpha value is -0.410. The molecule has 0 aromatic rings. The van der Waals surface area contributed by atoms with Crippen LogP contribution in [0, 0.1) is 0 Å². The van der Waals surface area contributed by atoms with E-state index in [-0.39, 0.29) is 6.54 Å². The van der Waals surface area contributed by atoms with Gasteiger partial charge in [0.2, 0.25) is 5.79 Å². The molecule has 2 N–H and O–H groups in total. The van der Waals surface area contributed by atoms with Crippen molar-refractivity contribution in [2.24, 2.45) is 4.99 Å². The number of aliphatic hydroxyl groups is 2. The lowest BCUT2D eigenvalue weighted by Gasteiger charge is -2.19. The van der Waals surface area contributed by atoms with Crippen LogP contribution in [0.2, 0.25) is 0 Å². The molecule has 34 valence electrons. The molecule has 3 nitrogen and oxygen atoms in total. The van der Waals surface area contributed by atoms with E-state index in [0.717, 1.165) is 6.21 Å². The van der Waals surface area contributed by atoms with Gasteiger partial charge in [0.1, 0.15) is 0 Å². The summed E-state index contributed by atoms with van der Waals surface area (Å²) < 4.78 is 0. The van der Waals surface area contributed by atoms with E-state index < -0.39 is 5.79 Å². The lowest BCUT2D eigenvalue weighted by atomic mass is 10.2. The number of hydrogen-bond acceptors (Lipinski definition) is 3. The van der Waals surface area contributed by atoms with Gasteiger partial charge < -0.3 is 10.2 Å². The maximum Gasteiger partial charge on any atom is 0.220 e. The molecule has 1 rings (SSSR count). The number of rotatable bonds is 0. The highest BCUT2D eigenvalue weighted by Gasteiger charge is 2.25. The van der Waals surface area contributed by atoms with E-state index in [4.69, 9.17) is 10.2 Å². The zero-order valence-corrected chi connectivity index (χ0v) is 3.13. The van der Waals surface area contributed by atoms with Gasteiger partial charge >= 0.3 is 0 Å². The van der Waals surface area contributed by atoms with E-state index in [1.165, 1.54) is 0 Å². The quantitative estimate of drug-likeness (QED) is 0.363. The third-order valence-electron chi connectivity index (χ3n) is 0.622. The first-order valence-electron chi connectivity index (χ1n) is 1.66. The average molecular weight is 87.1 g/mol.